The fourth-order valence-corrected chi connectivity index (χ4v) is 5.01. The van der Waals surface area contributed by atoms with Crippen LogP contribution in [0.2, 0.25) is 5.02 Å². The fourth-order valence-electron chi connectivity index (χ4n) is 4.81. The van der Waals surface area contributed by atoms with Crippen LogP contribution in [0, 0.1) is 0 Å². The lowest BCUT2D eigenvalue weighted by molar-refractivity contribution is 0.0697. The van der Waals surface area contributed by atoms with Gasteiger partial charge in [-0.3, -0.25) is 0 Å². The van der Waals surface area contributed by atoms with Gasteiger partial charge in [-0.05, 0) is 96.0 Å². The van der Waals surface area contributed by atoms with Gasteiger partial charge >= 0.3 is 5.97 Å². The van der Waals surface area contributed by atoms with Crippen molar-refractivity contribution < 1.29 is 19.7 Å². The number of hydrogen-bond donors (Lipinski definition) is 3. The number of anilines is 1. The van der Waals surface area contributed by atoms with E-state index in [9.17, 15) is 15.0 Å². The molecule has 0 heterocycles. The first kappa shape index (κ1) is 24.9. The predicted molar refractivity (Wildman–Crippen MR) is 147 cm³/mol. The average Bonchev–Trinajstić information content (AvgIpc) is 2.92. The number of carboxylic acid groups (broad SMARTS) is 1. The van der Waals surface area contributed by atoms with Crippen molar-refractivity contribution in [1.29, 1.82) is 0 Å². The second-order valence-electron chi connectivity index (χ2n) is 9.25. The molecule has 0 bridgehead atoms. The summed E-state index contributed by atoms with van der Waals surface area (Å²) >= 11 is 6.12. The molecule has 1 aliphatic rings. The molecule has 188 valence electrons. The SMILES string of the molecule is O=C(O)c1cccc(-c2cccc(Oc3ccc4c(c3NC[C@H](O)c3cccc(Cl)c3)CCCC4)c2)c1. The van der Waals surface area contributed by atoms with Crippen LogP contribution in [0.15, 0.2) is 84.9 Å². The summed E-state index contributed by atoms with van der Waals surface area (Å²) in [6, 6.07) is 25.8. The first-order chi connectivity index (χ1) is 18.0. The van der Waals surface area contributed by atoms with E-state index < -0.39 is 12.1 Å². The molecule has 0 amide bonds. The van der Waals surface area contributed by atoms with Crippen molar-refractivity contribution in [3.63, 3.8) is 0 Å². The Morgan fingerprint density at radius 1 is 0.919 bits per heavy atom. The van der Waals surface area contributed by atoms with E-state index in [0.717, 1.165) is 48.1 Å². The Morgan fingerprint density at radius 3 is 2.49 bits per heavy atom. The van der Waals surface area contributed by atoms with E-state index in [2.05, 4.69) is 11.4 Å². The average molecular weight is 514 g/mol. The normalized spacial score (nSPS) is 13.5. The molecule has 0 saturated carbocycles. The summed E-state index contributed by atoms with van der Waals surface area (Å²) in [4.78, 5) is 11.4. The zero-order chi connectivity index (χ0) is 25.8. The predicted octanol–water partition coefficient (Wildman–Crippen LogP) is 7.52. The molecule has 5 rings (SSSR count). The number of aryl methyl sites for hydroxylation is 1. The van der Waals surface area contributed by atoms with Crippen LogP contribution in [0.4, 0.5) is 5.69 Å². The summed E-state index contributed by atoms with van der Waals surface area (Å²) in [6.45, 7) is 0.315. The Morgan fingerprint density at radius 2 is 1.68 bits per heavy atom. The Labute approximate surface area is 221 Å². The monoisotopic (exact) mass is 513 g/mol. The number of carbonyl (C=O) groups is 1. The second-order valence-corrected chi connectivity index (χ2v) is 9.69. The number of fused-ring (bicyclic) bond motifs is 1. The number of nitrogens with one attached hydrogen (secondary N) is 1. The first-order valence-electron chi connectivity index (χ1n) is 12.4. The molecular weight excluding hydrogens is 486 g/mol. The lowest BCUT2D eigenvalue weighted by atomic mass is 9.90. The highest BCUT2D eigenvalue weighted by Gasteiger charge is 2.19. The van der Waals surface area contributed by atoms with E-state index >= 15 is 0 Å². The van der Waals surface area contributed by atoms with Gasteiger partial charge in [-0.15, -0.1) is 0 Å². The minimum atomic E-state index is -0.959. The number of ether oxygens (including phenoxy) is 1. The molecule has 0 spiro atoms. The maximum Gasteiger partial charge on any atom is 0.335 e. The zero-order valence-electron chi connectivity index (χ0n) is 20.3. The molecule has 1 atom stereocenters. The van der Waals surface area contributed by atoms with Gasteiger partial charge in [0.05, 0.1) is 17.4 Å². The maximum atomic E-state index is 11.4. The third kappa shape index (κ3) is 5.79. The van der Waals surface area contributed by atoms with Crippen LogP contribution in [0.5, 0.6) is 11.5 Å². The zero-order valence-corrected chi connectivity index (χ0v) is 21.0. The molecule has 3 N–H and O–H groups in total. The summed E-state index contributed by atoms with van der Waals surface area (Å²) < 4.78 is 6.39. The third-order valence-corrected chi connectivity index (χ3v) is 6.94. The standard InChI is InChI=1S/C31H28ClNO4/c32-25-11-4-9-23(17-25)28(34)19-33-30-27-13-2-1-6-20(27)14-15-29(30)37-26-12-5-8-22(18-26)21-7-3-10-24(16-21)31(35)36/h3-5,7-12,14-18,28,33-34H,1-2,6,13,19H2,(H,35,36)/t28-/m0/s1. The highest BCUT2D eigenvalue weighted by molar-refractivity contribution is 6.30. The number of aliphatic hydroxyl groups excluding tert-OH is 1. The van der Waals surface area contributed by atoms with E-state index in [1.807, 2.05) is 48.5 Å². The number of hydrogen-bond acceptors (Lipinski definition) is 4. The molecule has 37 heavy (non-hydrogen) atoms. The van der Waals surface area contributed by atoms with Crippen molar-refractivity contribution in [2.45, 2.75) is 31.8 Å². The first-order valence-corrected chi connectivity index (χ1v) is 12.8. The van der Waals surface area contributed by atoms with Crippen LogP contribution in [-0.2, 0) is 12.8 Å². The van der Waals surface area contributed by atoms with Crippen LogP contribution < -0.4 is 10.1 Å². The van der Waals surface area contributed by atoms with Crippen LogP contribution >= 0.6 is 11.6 Å². The Kier molecular flexibility index (Phi) is 7.45. The van der Waals surface area contributed by atoms with Crippen LogP contribution in [-0.4, -0.2) is 22.7 Å². The van der Waals surface area contributed by atoms with Gasteiger partial charge in [0.25, 0.3) is 0 Å². The summed E-state index contributed by atoms with van der Waals surface area (Å²) in [5.74, 6) is 0.377. The maximum absolute atomic E-state index is 11.4. The topological polar surface area (TPSA) is 78.8 Å². The third-order valence-electron chi connectivity index (χ3n) is 6.70. The molecule has 4 aromatic carbocycles. The van der Waals surface area contributed by atoms with Gasteiger partial charge in [0.2, 0.25) is 0 Å². The number of benzene rings is 4. The molecule has 6 heteroatoms. The molecule has 5 nitrogen and oxygen atoms in total. The van der Waals surface area contributed by atoms with E-state index in [1.165, 1.54) is 11.1 Å². The number of carboxylic acids is 1. The Bertz CT molecular complexity index is 1430. The molecule has 0 aliphatic heterocycles. The lowest BCUT2D eigenvalue weighted by Gasteiger charge is -2.24. The van der Waals surface area contributed by atoms with Crippen molar-refractivity contribution in [2.75, 3.05) is 11.9 Å². The van der Waals surface area contributed by atoms with Gasteiger partial charge in [-0.25, -0.2) is 4.79 Å². The molecule has 1 aliphatic carbocycles. The minimum absolute atomic E-state index is 0.239. The Hall–Kier alpha value is -3.80. The van der Waals surface area contributed by atoms with Crippen molar-refractivity contribution in [2.24, 2.45) is 0 Å². The van der Waals surface area contributed by atoms with Crippen LogP contribution in [0.25, 0.3) is 11.1 Å². The molecule has 4 aromatic rings. The van der Waals surface area contributed by atoms with Crippen LogP contribution in [0.3, 0.4) is 0 Å². The molecule has 0 radical (unpaired) electrons. The second kappa shape index (κ2) is 11.1. The highest BCUT2D eigenvalue weighted by atomic mass is 35.5. The summed E-state index contributed by atoms with van der Waals surface area (Å²) in [7, 11) is 0. The molecule has 0 unspecified atom stereocenters. The summed E-state index contributed by atoms with van der Waals surface area (Å²) in [6.07, 6.45) is 3.52. The largest absolute Gasteiger partial charge is 0.478 e. The lowest BCUT2D eigenvalue weighted by Crippen LogP contribution is -2.16. The number of aromatic carboxylic acids is 1. The number of aliphatic hydroxyl groups is 1. The molecular formula is C31H28ClNO4. The van der Waals surface area contributed by atoms with Gasteiger partial charge < -0.3 is 20.3 Å². The smallest absolute Gasteiger partial charge is 0.335 e. The van der Waals surface area contributed by atoms with E-state index in [-0.39, 0.29) is 5.56 Å². The van der Waals surface area contributed by atoms with E-state index in [4.69, 9.17) is 16.3 Å². The minimum Gasteiger partial charge on any atom is -0.478 e. The van der Waals surface area contributed by atoms with Gasteiger partial charge in [-0.2, -0.15) is 0 Å². The van der Waals surface area contributed by atoms with E-state index in [1.54, 1.807) is 30.3 Å². The summed E-state index contributed by atoms with van der Waals surface area (Å²) in [5, 5.41) is 24.2. The van der Waals surface area contributed by atoms with E-state index in [0.29, 0.717) is 23.1 Å². The molecule has 0 saturated heterocycles. The molecule has 0 fully saturated rings. The van der Waals surface area contributed by atoms with Gasteiger partial charge in [-0.1, -0.05) is 54.1 Å². The number of halogens is 1. The molecule has 0 aromatic heterocycles. The van der Waals surface area contributed by atoms with Gasteiger partial charge in [0, 0.05) is 11.6 Å². The van der Waals surface area contributed by atoms with Gasteiger partial charge in [0.1, 0.15) is 5.75 Å². The van der Waals surface area contributed by atoms with Crippen molar-refractivity contribution in [1.82, 2.24) is 0 Å². The van der Waals surface area contributed by atoms with Crippen molar-refractivity contribution in [3.05, 3.63) is 112 Å². The summed E-state index contributed by atoms with van der Waals surface area (Å²) in [5.41, 5.74) is 6.09. The van der Waals surface area contributed by atoms with Gasteiger partial charge in [0.15, 0.2) is 5.75 Å². The quantitative estimate of drug-likeness (QED) is 0.227. The van der Waals surface area contributed by atoms with Crippen molar-refractivity contribution in [3.8, 4) is 22.6 Å². The van der Waals surface area contributed by atoms with Crippen LogP contribution in [0.1, 0.15) is 46.0 Å². The fraction of sp³-hybridized carbons (Fsp3) is 0.194. The highest BCUT2D eigenvalue weighted by Crippen LogP contribution is 2.39. The Balaban J connectivity index is 1.43. The van der Waals surface area contributed by atoms with Crippen molar-refractivity contribution >= 4 is 23.3 Å². The number of rotatable bonds is 8.